The molecule has 5 nitrogen and oxygen atoms in total. The highest BCUT2D eigenvalue weighted by atomic mass is 32.2. The third-order valence-electron chi connectivity index (χ3n) is 2.96. The van der Waals surface area contributed by atoms with E-state index in [1.807, 2.05) is 19.1 Å². The van der Waals surface area contributed by atoms with Gasteiger partial charge in [-0.2, -0.15) is 5.26 Å². The van der Waals surface area contributed by atoms with E-state index in [9.17, 15) is 4.79 Å². The van der Waals surface area contributed by atoms with Gasteiger partial charge in [-0.05, 0) is 50.2 Å². The molecule has 0 saturated carbocycles. The molecule has 23 heavy (non-hydrogen) atoms. The predicted octanol–water partition coefficient (Wildman–Crippen LogP) is 3.47. The zero-order chi connectivity index (χ0) is 16.7. The number of carbonyl (C=O) groups excluding carboxylic acids is 1. The molecule has 1 N–H and O–H groups in total. The van der Waals surface area contributed by atoms with Crippen LogP contribution in [-0.4, -0.2) is 22.7 Å². The lowest BCUT2D eigenvalue weighted by Crippen LogP contribution is -2.22. The van der Waals surface area contributed by atoms with E-state index in [0.717, 1.165) is 5.75 Å². The van der Waals surface area contributed by atoms with Gasteiger partial charge < -0.3 is 10.1 Å². The van der Waals surface area contributed by atoms with E-state index < -0.39 is 0 Å². The van der Waals surface area contributed by atoms with Crippen molar-refractivity contribution in [2.24, 2.45) is 0 Å². The number of rotatable bonds is 6. The van der Waals surface area contributed by atoms with Crippen LogP contribution in [-0.2, 0) is 4.79 Å². The highest BCUT2D eigenvalue weighted by molar-refractivity contribution is 8.00. The minimum absolute atomic E-state index is 0.122. The van der Waals surface area contributed by atoms with Gasteiger partial charge in [-0.1, -0.05) is 11.8 Å². The van der Waals surface area contributed by atoms with Gasteiger partial charge in [-0.3, -0.25) is 4.79 Å². The van der Waals surface area contributed by atoms with E-state index in [1.54, 1.807) is 37.4 Å². The lowest BCUT2D eigenvalue weighted by Gasteiger charge is -2.12. The molecule has 1 aromatic carbocycles. The van der Waals surface area contributed by atoms with Gasteiger partial charge >= 0.3 is 0 Å². The molecule has 0 spiro atoms. The standard InChI is InChI=1S/C17H17N3O2S/c1-3-22-15-6-4-14(5-7-15)20-17(21)12(2)23-16-10-13(11-18)8-9-19-16/h4-10,12H,3H2,1-2H3,(H,20,21)/t12-/m0/s1. The second-order valence-corrected chi connectivity index (χ2v) is 6.06. The molecule has 0 aliphatic carbocycles. The van der Waals surface area contributed by atoms with E-state index in [2.05, 4.69) is 16.4 Å². The molecule has 1 atom stereocenters. The lowest BCUT2D eigenvalue weighted by molar-refractivity contribution is -0.115. The van der Waals surface area contributed by atoms with Crippen LogP contribution in [0.15, 0.2) is 47.6 Å². The smallest absolute Gasteiger partial charge is 0.237 e. The summed E-state index contributed by atoms with van der Waals surface area (Å²) in [6, 6.07) is 12.6. The van der Waals surface area contributed by atoms with Crippen molar-refractivity contribution in [3.05, 3.63) is 48.2 Å². The lowest BCUT2D eigenvalue weighted by atomic mass is 10.3. The van der Waals surface area contributed by atoms with Crippen LogP contribution in [0.2, 0.25) is 0 Å². The molecule has 2 aromatic rings. The first-order valence-electron chi connectivity index (χ1n) is 7.19. The van der Waals surface area contributed by atoms with Gasteiger partial charge in [0.25, 0.3) is 0 Å². The monoisotopic (exact) mass is 327 g/mol. The summed E-state index contributed by atoms with van der Waals surface area (Å²) in [4.78, 5) is 16.4. The largest absolute Gasteiger partial charge is 0.494 e. The average Bonchev–Trinajstić information content (AvgIpc) is 2.57. The van der Waals surface area contributed by atoms with Crippen molar-refractivity contribution in [1.82, 2.24) is 4.98 Å². The summed E-state index contributed by atoms with van der Waals surface area (Å²) < 4.78 is 5.36. The number of anilines is 1. The number of amides is 1. The number of thioether (sulfide) groups is 1. The number of nitriles is 1. The quantitative estimate of drug-likeness (QED) is 0.822. The molecular weight excluding hydrogens is 310 g/mol. The van der Waals surface area contributed by atoms with Gasteiger partial charge in [0.1, 0.15) is 5.75 Å². The van der Waals surface area contributed by atoms with Crippen LogP contribution in [0.3, 0.4) is 0 Å². The summed E-state index contributed by atoms with van der Waals surface area (Å²) in [6.07, 6.45) is 1.57. The van der Waals surface area contributed by atoms with Crippen molar-refractivity contribution < 1.29 is 9.53 Å². The summed E-state index contributed by atoms with van der Waals surface area (Å²) >= 11 is 1.31. The number of ether oxygens (including phenoxy) is 1. The van der Waals surface area contributed by atoms with Gasteiger partial charge in [0.05, 0.1) is 28.5 Å². The fraction of sp³-hybridized carbons (Fsp3) is 0.235. The van der Waals surface area contributed by atoms with Crippen LogP contribution in [0.1, 0.15) is 19.4 Å². The third kappa shape index (κ3) is 5.01. The number of hydrogen-bond donors (Lipinski definition) is 1. The number of aromatic nitrogens is 1. The fourth-order valence-electron chi connectivity index (χ4n) is 1.82. The summed E-state index contributed by atoms with van der Waals surface area (Å²) in [6.45, 7) is 4.33. The first kappa shape index (κ1) is 16.8. The maximum absolute atomic E-state index is 12.2. The number of nitrogens with one attached hydrogen (secondary N) is 1. The van der Waals surface area contributed by atoms with Gasteiger partial charge in [-0.15, -0.1) is 0 Å². The third-order valence-corrected chi connectivity index (χ3v) is 4.00. The van der Waals surface area contributed by atoms with Gasteiger partial charge in [0.15, 0.2) is 0 Å². The van der Waals surface area contributed by atoms with Crippen molar-refractivity contribution in [3.8, 4) is 11.8 Å². The van der Waals surface area contributed by atoms with Crippen molar-refractivity contribution in [2.45, 2.75) is 24.1 Å². The average molecular weight is 327 g/mol. The van der Waals surface area contributed by atoms with Crippen molar-refractivity contribution >= 4 is 23.4 Å². The summed E-state index contributed by atoms with van der Waals surface area (Å²) in [5.41, 5.74) is 1.24. The molecule has 0 unspecified atom stereocenters. The number of hydrogen-bond acceptors (Lipinski definition) is 5. The highest BCUT2D eigenvalue weighted by Gasteiger charge is 2.15. The molecule has 0 radical (unpaired) electrons. The van der Waals surface area contributed by atoms with Gasteiger partial charge in [-0.25, -0.2) is 4.98 Å². The van der Waals surface area contributed by atoms with E-state index in [0.29, 0.717) is 22.9 Å². The van der Waals surface area contributed by atoms with Crippen LogP contribution in [0.5, 0.6) is 5.75 Å². The topological polar surface area (TPSA) is 75.0 Å². The maximum Gasteiger partial charge on any atom is 0.237 e. The number of nitrogens with zero attached hydrogens (tertiary/aromatic N) is 2. The molecule has 0 fully saturated rings. The second-order valence-electron chi connectivity index (χ2n) is 4.70. The molecule has 118 valence electrons. The molecule has 1 heterocycles. The van der Waals surface area contributed by atoms with Crippen LogP contribution in [0.4, 0.5) is 5.69 Å². The van der Waals surface area contributed by atoms with Crippen LogP contribution >= 0.6 is 11.8 Å². The Morgan fingerprint density at radius 1 is 1.39 bits per heavy atom. The van der Waals surface area contributed by atoms with Crippen molar-refractivity contribution in [1.29, 1.82) is 5.26 Å². The van der Waals surface area contributed by atoms with E-state index >= 15 is 0 Å². The molecular formula is C17H17N3O2S. The minimum Gasteiger partial charge on any atom is -0.494 e. The van der Waals surface area contributed by atoms with Crippen LogP contribution < -0.4 is 10.1 Å². The number of pyridine rings is 1. The molecule has 0 aliphatic rings. The Morgan fingerprint density at radius 2 is 2.13 bits per heavy atom. The SMILES string of the molecule is CCOc1ccc(NC(=O)[C@H](C)Sc2cc(C#N)ccn2)cc1. The number of benzene rings is 1. The maximum atomic E-state index is 12.2. The highest BCUT2D eigenvalue weighted by Crippen LogP contribution is 2.23. The normalized spacial score (nSPS) is 11.3. The molecule has 0 aliphatic heterocycles. The van der Waals surface area contributed by atoms with Crippen molar-refractivity contribution in [2.75, 3.05) is 11.9 Å². The Labute approximate surface area is 139 Å². The summed E-state index contributed by atoms with van der Waals surface area (Å²) in [5.74, 6) is 0.647. The molecule has 1 aromatic heterocycles. The van der Waals surface area contributed by atoms with Gasteiger partial charge in [0, 0.05) is 11.9 Å². The molecule has 2 rings (SSSR count). The van der Waals surface area contributed by atoms with E-state index in [1.165, 1.54) is 11.8 Å². The zero-order valence-corrected chi connectivity index (χ0v) is 13.8. The Kier molecular flexibility index (Phi) is 6.01. The molecule has 0 bridgehead atoms. The number of carbonyl (C=O) groups is 1. The summed E-state index contributed by atoms with van der Waals surface area (Å²) in [7, 11) is 0. The Hall–Kier alpha value is -2.52. The second kappa shape index (κ2) is 8.20. The Bertz CT molecular complexity index is 711. The fourth-order valence-corrected chi connectivity index (χ4v) is 2.67. The zero-order valence-electron chi connectivity index (χ0n) is 12.9. The minimum atomic E-state index is -0.331. The van der Waals surface area contributed by atoms with E-state index in [-0.39, 0.29) is 11.2 Å². The molecule has 1 amide bonds. The molecule has 6 heteroatoms. The molecule has 0 saturated heterocycles. The Balaban J connectivity index is 1.95. The van der Waals surface area contributed by atoms with E-state index in [4.69, 9.17) is 10.00 Å². The first-order chi connectivity index (χ1) is 11.1. The van der Waals surface area contributed by atoms with Crippen molar-refractivity contribution in [3.63, 3.8) is 0 Å². The van der Waals surface area contributed by atoms with Crippen LogP contribution in [0.25, 0.3) is 0 Å². The van der Waals surface area contributed by atoms with Crippen LogP contribution in [0, 0.1) is 11.3 Å². The first-order valence-corrected chi connectivity index (χ1v) is 8.07. The van der Waals surface area contributed by atoms with Gasteiger partial charge in [0.2, 0.25) is 5.91 Å². The Morgan fingerprint density at radius 3 is 2.78 bits per heavy atom. The predicted molar refractivity (Wildman–Crippen MR) is 90.5 cm³/mol. The summed E-state index contributed by atoms with van der Waals surface area (Å²) in [5, 5.41) is 12.1.